The Morgan fingerprint density at radius 1 is 1.19 bits per heavy atom. The molecule has 26 heavy (non-hydrogen) atoms. The van der Waals surface area contributed by atoms with Gasteiger partial charge < -0.3 is 14.2 Å². The normalized spacial score (nSPS) is 15.2. The molecule has 1 unspecified atom stereocenters. The van der Waals surface area contributed by atoms with E-state index in [-0.39, 0.29) is 18.5 Å². The van der Waals surface area contributed by atoms with Gasteiger partial charge in [-0.15, -0.1) is 0 Å². The minimum atomic E-state index is -0.429. The molecule has 1 fully saturated rings. The van der Waals surface area contributed by atoms with Crippen molar-refractivity contribution in [2.45, 2.75) is 18.9 Å². The zero-order valence-electron chi connectivity index (χ0n) is 14.4. The number of esters is 2. The third-order valence-corrected chi connectivity index (χ3v) is 3.94. The Morgan fingerprint density at radius 2 is 1.96 bits per heavy atom. The average molecular weight is 352 g/mol. The van der Waals surface area contributed by atoms with Gasteiger partial charge >= 0.3 is 11.9 Å². The number of ether oxygens (including phenoxy) is 3. The molecule has 0 aromatic heterocycles. The van der Waals surface area contributed by atoms with Crippen molar-refractivity contribution in [3.63, 3.8) is 0 Å². The summed E-state index contributed by atoms with van der Waals surface area (Å²) in [5.41, 5.74) is 2.30. The van der Waals surface area contributed by atoms with Gasteiger partial charge in [0.2, 0.25) is 0 Å². The highest BCUT2D eigenvalue weighted by atomic mass is 16.6. The van der Waals surface area contributed by atoms with Crippen LogP contribution < -0.4 is 4.74 Å². The maximum Gasteiger partial charge on any atom is 0.343 e. The molecule has 1 atom stereocenters. The maximum absolute atomic E-state index is 12.2. The Kier molecular flexibility index (Phi) is 5.81. The van der Waals surface area contributed by atoms with Crippen molar-refractivity contribution in [3.05, 3.63) is 71.8 Å². The number of benzene rings is 2. The van der Waals surface area contributed by atoms with Gasteiger partial charge in [-0.2, -0.15) is 0 Å². The van der Waals surface area contributed by atoms with Crippen LogP contribution in [0.3, 0.4) is 0 Å². The first kappa shape index (κ1) is 17.9. The predicted molar refractivity (Wildman–Crippen MR) is 97.0 cm³/mol. The van der Waals surface area contributed by atoms with E-state index < -0.39 is 5.97 Å². The van der Waals surface area contributed by atoms with Gasteiger partial charge in [-0.1, -0.05) is 36.9 Å². The highest BCUT2D eigenvalue weighted by Crippen LogP contribution is 2.17. The lowest BCUT2D eigenvalue weighted by Crippen LogP contribution is -2.11. The fraction of sp³-hybridized carbons (Fsp3) is 0.238. The molecule has 0 aliphatic carbocycles. The van der Waals surface area contributed by atoms with E-state index in [0.29, 0.717) is 30.9 Å². The summed E-state index contributed by atoms with van der Waals surface area (Å²) in [6, 6.07) is 14.1. The number of epoxide rings is 1. The van der Waals surface area contributed by atoms with E-state index in [1.165, 1.54) is 0 Å². The summed E-state index contributed by atoms with van der Waals surface area (Å²) in [7, 11) is 0. The number of hydrogen-bond acceptors (Lipinski definition) is 5. The molecule has 1 aliphatic rings. The molecule has 134 valence electrons. The van der Waals surface area contributed by atoms with E-state index >= 15 is 0 Å². The summed E-state index contributed by atoms with van der Waals surface area (Å²) in [5.74, 6) is -0.244. The first-order chi connectivity index (χ1) is 12.6. The van der Waals surface area contributed by atoms with Gasteiger partial charge in [-0.3, -0.25) is 4.79 Å². The third kappa shape index (κ3) is 5.29. The van der Waals surface area contributed by atoms with Gasteiger partial charge in [0.05, 0.1) is 12.2 Å². The van der Waals surface area contributed by atoms with Gasteiger partial charge in [0.1, 0.15) is 18.5 Å². The zero-order chi connectivity index (χ0) is 18.4. The molecule has 1 aliphatic heterocycles. The van der Waals surface area contributed by atoms with Gasteiger partial charge in [0, 0.05) is 6.42 Å². The summed E-state index contributed by atoms with van der Waals surface area (Å²) in [6.07, 6.45) is 2.57. The highest BCUT2D eigenvalue weighted by molar-refractivity contribution is 5.91. The van der Waals surface area contributed by atoms with Crippen molar-refractivity contribution < 1.29 is 23.8 Å². The first-order valence-electron chi connectivity index (χ1n) is 8.45. The van der Waals surface area contributed by atoms with Crippen molar-refractivity contribution in [1.82, 2.24) is 0 Å². The smallest absolute Gasteiger partial charge is 0.343 e. The van der Waals surface area contributed by atoms with Gasteiger partial charge in [-0.25, -0.2) is 4.79 Å². The molecule has 0 bridgehead atoms. The molecule has 0 saturated carbocycles. The average Bonchev–Trinajstić information content (AvgIpc) is 3.49. The van der Waals surface area contributed by atoms with Crippen LogP contribution >= 0.6 is 0 Å². The van der Waals surface area contributed by atoms with Gasteiger partial charge in [0.15, 0.2) is 0 Å². The second-order valence-electron chi connectivity index (χ2n) is 6.00. The standard InChI is InChI=1S/C21H20O5/c1-2-15-6-9-17(10-7-15)21(23)26-18-5-3-4-16(12-18)8-11-20(22)25-14-19-13-24-19/h2-7,9-10,12,19H,1,8,11,13-14H2. The van der Waals surface area contributed by atoms with Crippen molar-refractivity contribution in [2.24, 2.45) is 0 Å². The molecule has 1 heterocycles. The van der Waals surface area contributed by atoms with Crippen LogP contribution in [-0.2, 0) is 20.7 Å². The molecule has 0 amide bonds. The molecule has 2 aromatic carbocycles. The van der Waals surface area contributed by atoms with Crippen LogP contribution in [0.25, 0.3) is 6.08 Å². The molecule has 2 aromatic rings. The second-order valence-corrected chi connectivity index (χ2v) is 6.00. The fourth-order valence-electron chi connectivity index (χ4n) is 2.35. The van der Waals surface area contributed by atoms with Crippen LogP contribution in [0, 0.1) is 0 Å². The summed E-state index contributed by atoms with van der Waals surface area (Å²) in [5, 5.41) is 0. The minimum Gasteiger partial charge on any atom is -0.463 e. The van der Waals surface area contributed by atoms with E-state index in [9.17, 15) is 9.59 Å². The van der Waals surface area contributed by atoms with Crippen LogP contribution in [0.1, 0.15) is 27.9 Å². The zero-order valence-corrected chi connectivity index (χ0v) is 14.4. The van der Waals surface area contributed by atoms with Crippen molar-refractivity contribution in [2.75, 3.05) is 13.2 Å². The van der Waals surface area contributed by atoms with E-state index in [4.69, 9.17) is 14.2 Å². The van der Waals surface area contributed by atoms with Crippen molar-refractivity contribution in [3.8, 4) is 5.75 Å². The largest absolute Gasteiger partial charge is 0.463 e. The summed E-state index contributed by atoms with van der Waals surface area (Å²) in [6.45, 7) is 4.66. The maximum atomic E-state index is 12.2. The molecule has 0 radical (unpaired) electrons. The van der Waals surface area contributed by atoms with Crippen LogP contribution in [0.4, 0.5) is 0 Å². The molecular weight excluding hydrogens is 332 g/mol. The quantitative estimate of drug-likeness (QED) is 0.414. The molecule has 5 nitrogen and oxygen atoms in total. The SMILES string of the molecule is C=Cc1ccc(C(=O)Oc2cccc(CCC(=O)OCC3CO3)c2)cc1. The fourth-order valence-corrected chi connectivity index (χ4v) is 2.35. The Labute approximate surface area is 152 Å². The Hall–Kier alpha value is -2.92. The minimum absolute atomic E-state index is 0.0715. The van der Waals surface area contributed by atoms with Gasteiger partial charge in [0.25, 0.3) is 0 Å². The molecule has 0 N–H and O–H groups in total. The van der Waals surface area contributed by atoms with Crippen molar-refractivity contribution in [1.29, 1.82) is 0 Å². The Morgan fingerprint density at radius 3 is 2.65 bits per heavy atom. The summed E-state index contributed by atoms with van der Waals surface area (Å²) >= 11 is 0. The number of carbonyl (C=O) groups is 2. The van der Waals surface area contributed by atoms with E-state index in [1.807, 2.05) is 6.07 Å². The van der Waals surface area contributed by atoms with Crippen LogP contribution in [0.15, 0.2) is 55.1 Å². The lowest BCUT2D eigenvalue weighted by atomic mass is 10.1. The van der Waals surface area contributed by atoms with Crippen LogP contribution in [0.2, 0.25) is 0 Å². The monoisotopic (exact) mass is 352 g/mol. The Bertz CT molecular complexity index is 790. The van der Waals surface area contributed by atoms with Crippen molar-refractivity contribution >= 4 is 18.0 Å². The molecule has 0 spiro atoms. The van der Waals surface area contributed by atoms with Crippen LogP contribution in [0.5, 0.6) is 5.75 Å². The molecule has 1 saturated heterocycles. The van der Waals surface area contributed by atoms with E-state index in [2.05, 4.69) is 6.58 Å². The highest BCUT2D eigenvalue weighted by Gasteiger charge is 2.24. The molecular formula is C21H20O5. The predicted octanol–water partition coefficient (Wildman–Crippen LogP) is 3.42. The second kappa shape index (κ2) is 8.45. The Balaban J connectivity index is 1.53. The number of hydrogen-bond donors (Lipinski definition) is 0. The van der Waals surface area contributed by atoms with Gasteiger partial charge in [-0.05, 0) is 41.8 Å². The number of carbonyl (C=O) groups excluding carboxylic acids is 2. The summed E-state index contributed by atoms with van der Waals surface area (Å²) in [4.78, 5) is 23.9. The first-order valence-corrected chi connectivity index (χ1v) is 8.45. The summed E-state index contributed by atoms with van der Waals surface area (Å²) < 4.78 is 15.5. The molecule has 5 heteroatoms. The molecule has 3 rings (SSSR count). The lowest BCUT2D eigenvalue weighted by Gasteiger charge is -2.07. The van der Waals surface area contributed by atoms with E-state index in [1.54, 1.807) is 48.5 Å². The lowest BCUT2D eigenvalue weighted by molar-refractivity contribution is -0.144. The number of rotatable bonds is 8. The van der Waals surface area contributed by atoms with E-state index in [0.717, 1.165) is 11.1 Å². The van der Waals surface area contributed by atoms with Crippen LogP contribution in [-0.4, -0.2) is 31.3 Å². The number of aryl methyl sites for hydroxylation is 1. The third-order valence-electron chi connectivity index (χ3n) is 3.94. The topological polar surface area (TPSA) is 65.1 Å².